The van der Waals surface area contributed by atoms with Crippen LogP contribution in [0.2, 0.25) is 0 Å². The Kier molecular flexibility index (Phi) is 4.17. The number of aryl methyl sites for hydroxylation is 1. The maximum atomic E-state index is 13.2. The molecule has 0 saturated carbocycles. The van der Waals surface area contributed by atoms with Crippen LogP contribution in [0.3, 0.4) is 0 Å². The summed E-state index contributed by atoms with van der Waals surface area (Å²) in [6, 6.07) is 11.9. The van der Waals surface area contributed by atoms with Crippen molar-refractivity contribution in [1.29, 1.82) is 0 Å². The van der Waals surface area contributed by atoms with Crippen LogP contribution in [0.5, 0.6) is 11.5 Å². The van der Waals surface area contributed by atoms with Crippen LogP contribution in [0.25, 0.3) is 0 Å². The minimum absolute atomic E-state index is 0.384. The first-order valence-corrected chi connectivity index (χ1v) is 6.34. The van der Waals surface area contributed by atoms with Gasteiger partial charge in [0.15, 0.2) is 0 Å². The predicted octanol–water partition coefficient (Wildman–Crippen LogP) is 4.23. The van der Waals surface area contributed by atoms with Gasteiger partial charge in [-0.3, -0.25) is 0 Å². The molecule has 0 saturated heterocycles. The number of hydrogen-bond acceptors (Lipinski definition) is 2. The molecule has 0 aliphatic carbocycles. The van der Waals surface area contributed by atoms with Crippen LogP contribution < -0.4 is 4.74 Å². The Morgan fingerprint density at radius 3 is 2.68 bits per heavy atom. The summed E-state index contributed by atoms with van der Waals surface area (Å²) in [6.45, 7) is 3.66. The van der Waals surface area contributed by atoms with Gasteiger partial charge in [-0.2, -0.15) is 0 Å². The van der Waals surface area contributed by atoms with E-state index in [1.165, 1.54) is 23.8 Å². The van der Waals surface area contributed by atoms with E-state index < -0.39 is 6.10 Å². The Balaban J connectivity index is 2.32. The van der Waals surface area contributed by atoms with Crippen molar-refractivity contribution >= 4 is 0 Å². The second-order valence-corrected chi connectivity index (χ2v) is 4.46. The molecular formula is C16H17FO2. The van der Waals surface area contributed by atoms with Crippen LogP contribution >= 0.6 is 0 Å². The van der Waals surface area contributed by atoms with Crippen molar-refractivity contribution < 1.29 is 14.2 Å². The Morgan fingerprint density at radius 1 is 1.21 bits per heavy atom. The summed E-state index contributed by atoms with van der Waals surface area (Å²) in [7, 11) is 0. The molecule has 0 amide bonds. The largest absolute Gasteiger partial charge is 0.457 e. The van der Waals surface area contributed by atoms with E-state index >= 15 is 0 Å². The SMILES string of the molecule is CCc1cccc(Oc2ccc(F)cc2[C@@H](C)O)c1. The summed E-state index contributed by atoms with van der Waals surface area (Å²) < 4.78 is 18.9. The van der Waals surface area contributed by atoms with E-state index in [2.05, 4.69) is 6.92 Å². The van der Waals surface area contributed by atoms with Gasteiger partial charge in [0.05, 0.1) is 6.10 Å². The molecule has 0 fully saturated rings. The third-order valence-electron chi connectivity index (χ3n) is 2.96. The lowest BCUT2D eigenvalue weighted by Gasteiger charge is -2.13. The second-order valence-electron chi connectivity index (χ2n) is 4.46. The van der Waals surface area contributed by atoms with Gasteiger partial charge in [-0.25, -0.2) is 4.39 Å². The quantitative estimate of drug-likeness (QED) is 0.891. The van der Waals surface area contributed by atoms with Crippen molar-refractivity contribution in [3.05, 3.63) is 59.4 Å². The molecule has 2 nitrogen and oxygen atoms in total. The number of ether oxygens (including phenoxy) is 1. The average molecular weight is 260 g/mol. The van der Waals surface area contributed by atoms with Crippen molar-refractivity contribution in [2.75, 3.05) is 0 Å². The minimum atomic E-state index is -0.778. The zero-order valence-electron chi connectivity index (χ0n) is 11.1. The topological polar surface area (TPSA) is 29.5 Å². The van der Waals surface area contributed by atoms with E-state index in [9.17, 15) is 9.50 Å². The van der Waals surface area contributed by atoms with Gasteiger partial charge in [0, 0.05) is 5.56 Å². The Morgan fingerprint density at radius 2 is 2.00 bits per heavy atom. The summed E-state index contributed by atoms with van der Waals surface area (Å²) in [5.74, 6) is 0.781. The van der Waals surface area contributed by atoms with Gasteiger partial charge >= 0.3 is 0 Å². The zero-order chi connectivity index (χ0) is 13.8. The standard InChI is InChI=1S/C16H17FO2/c1-3-12-5-4-6-14(9-12)19-16-8-7-13(17)10-15(16)11(2)18/h4-11,18H,3H2,1-2H3/t11-/m1/s1. The molecule has 100 valence electrons. The molecule has 0 radical (unpaired) electrons. The predicted molar refractivity (Wildman–Crippen MR) is 72.9 cm³/mol. The van der Waals surface area contributed by atoms with Crippen molar-refractivity contribution in [3.8, 4) is 11.5 Å². The van der Waals surface area contributed by atoms with Crippen LogP contribution in [0, 0.1) is 5.82 Å². The van der Waals surface area contributed by atoms with Gasteiger partial charge in [0.25, 0.3) is 0 Å². The summed E-state index contributed by atoms with van der Waals surface area (Å²) >= 11 is 0. The fraction of sp³-hybridized carbons (Fsp3) is 0.250. The second kappa shape index (κ2) is 5.85. The molecule has 1 N–H and O–H groups in total. The summed E-state index contributed by atoms with van der Waals surface area (Å²) in [4.78, 5) is 0. The molecule has 0 aliphatic heterocycles. The maximum absolute atomic E-state index is 13.2. The summed E-state index contributed by atoms with van der Waals surface area (Å²) in [5.41, 5.74) is 1.61. The highest BCUT2D eigenvalue weighted by Gasteiger charge is 2.11. The lowest BCUT2D eigenvalue weighted by Crippen LogP contribution is -1.97. The number of halogens is 1. The van der Waals surface area contributed by atoms with E-state index in [0.29, 0.717) is 17.1 Å². The first kappa shape index (κ1) is 13.6. The zero-order valence-corrected chi connectivity index (χ0v) is 11.1. The van der Waals surface area contributed by atoms with Crippen molar-refractivity contribution in [2.24, 2.45) is 0 Å². The van der Waals surface area contributed by atoms with E-state index in [1.54, 1.807) is 6.92 Å². The number of benzene rings is 2. The monoisotopic (exact) mass is 260 g/mol. The molecule has 0 aromatic heterocycles. The van der Waals surface area contributed by atoms with Gasteiger partial charge in [0.2, 0.25) is 0 Å². The molecule has 0 unspecified atom stereocenters. The first-order valence-electron chi connectivity index (χ1n) is 6.34. The fourth-order valence-electron chi connectivity index (χ4n) is 1.89. The van der Waals surface area contributed by atoms with E-state index in [1.807, 2.05) is 24.3 Å². The minimum Gasteiger partial charge on any atom is -0.457 e. The molecule has 2 aromatic carbocycles. The molecule has 0 bridgehead atoms. The third-order valence-corrected chi connectivity index (χ3v) is 2.96. The molecule has 2 aromatic rings. The number of rotatable bonds is 4. The third kappa shape index (κ3) is 3.32. The maximum Gasteiger partial charge on any atom is 0.133 e. The number of aliphatic hydroxyl groups is 1. The van der Waals surface area contributed by atoms with Crippen LogP contribution in [-0.2, 0) is 6.42 Å². The number of hydrogen-bond donors (Lipinski definition) is 1. The molecule has 2 rings (SSSR count). The normalized spacial score (nSPS) is 12.2. The van der Waals surface area contributed by atoms with E-state index in [4.69, 9.17) is 4.74 Å². The molecule has 1 atom stereocenters. The highest BCUT2D eigenvalue weighted by Crippen LogP contribution is 2.30. The van der Waals surface area contributed by atoms with Crippen LogP contribution in [-0.4, -0.2) is 5.11 Å². The highest BCUT2D eigenvalue weighted by atomic mass is 19.1. The lowest BCUT2D eigenvalue weighted by molar-refractivity contribution is 0.195. The van der Waals surface area contributed by atoms with Crippen molar-refractivity contribution in [2.45, 2.75) is 26.4 Å². The van der Waals surface area contributed by atoms with Crippen molar-refractivity contribution in [1.82, 2.24) is 0 Å². The van der Waals surface area contributed by atoms with Gasteiger partial charge < -0.3 is 9.84 Å². The highest BCUT2D eigenvalue weighted by molar-refractivity contribution is 5.40. The van der Waals surface area contributed by atoms with Crippen LogP contribution in [0.15, 0.2) is 42.5 Å². The van der Waals surface area contributed by atoms with Gasteiger partial charge in [-0.1, -0.05) is 19.1 Å². The van der Waals surface area contributed by atoms with E-state index in [0.717, 1.165) is 6.42 Å². The van der Waals surface area contributed by atoms with Crippen LogP contribution in [0.1, 0.15) is 31.1 Å². The molecule has 0 heterocycles. The molecule has 0 aliphatic rings. The first-order chi connectivity index (χ1) is 9.10. The smallest absolute Gasteiger partial charge is 0.133 e. The Hall–Kier alpha value is -1.87. The Labute approximate surface area is 112 Å². The number of aliphatic hydroxyl groups excluding tert-OH is 1. The molecular weight excluding hydrogens is 243 g/mol. The van der Waals surface area contributed by atoms with Crippen LogP contribution in [0.4, 0.5) is 4.39 Å². The fourth-order valence-corrected chi connectivity index (χ4v) is 1.89. The molecule has 3 heteroatoms. The Bertz CT molecular complexity index is 564. The average Bonchev–Trinajstić information content (AvgIpc) is 2.41. The van der Waals surface area contributed by atoms with Gasteiger partial charge in [-0.15, -0.1) is 0 Å². The lowest BCUT2D eigenvalue weighted by atomic mass is 10.1. The van der Waals surface area contributed by atoms with E-state index in [-0.39, 0.29) is 5.82 Å². The molecule has 0 spiro atoms. The molecule has 19 heavy (non-hydrogen) atoms. The summed E-state index contributed by atoms with van der Waals surface area (Å²) in [5, 5.41) is 9.66. The summed E-state index contributed by atoms with van der Waals surface area (Å²) in [6.07, 6.45) is 0.143. The van der Waals surface area contributed by atoms with Crippen molar-refractivity contribution in [3.63, 3.8) is 0 Å². The van der Waals surface area contributed by atoms with Gasteiger partial charge in [0.1, 0.15) is 17.3 Å². The van der Waals surface area contributed by atoms with Gasteiger partial charge in [-0.05, 0) is 49.2 Å².